The Bertz CT molecular complexity index is 2250. The summed E-state index contributed by atoms with van der Waals surface area (Å²) in [6, 6.07) is 8.97. The number of aromatic nitrogens is 5. The van der Waals surface area contributed by atoms with Crippen molar-refractivity contribution in [2.45, 2.75) is 95.4 Å². The number of hydrogen-bond acceptors (Lipinski definition) is 6. The maximum absolute atomic E-state index is 16.3. The van der Waals surface area contributed by atoms with Crippen LogP contribution in [0, 0.1) is 17.6 Å². The van der Waals surface area contributed by atoms with E-state index in [1.165, 1.54) is 12.1 Å². The molecule has 13 heteroatoms. The molecule has 1 aromatic carbocycles. The van der Waals surface area contributed by atoms with Gasteiger partial charge in [-0.2, -0.15) is 0 Å². The smallest absolute Gasteiger partial charge is 0.254 e. The minimum Gasteiger partial charge on any atom is -0.344 e. The molecule has 3 N–H and O–H groups in total. The van der Waals surface area contributed by atoms with E-state index in [2.05, 4.69) is 10.3 Å². The first-order valence-corrected chi connectivity index (χ1v) is 18.5. The highest BCUT2D eigenvalue weighted by Crippen LogP contribution is 2.44. The highest BCUT2D eigenvalue weighted by atomic mass is 35.5. The van der Waals surface area contributed by atoms with Crippen molar-refractivity contribution in [1.29, 1.82) is 0 Å². The quantitative estimate of drug-likeness (QED) is 0.197. The van der Waals surface area contributed by atoms with E-state index in [9.17, 15) is 9.59 Å². The molecule has 3 fully saturated rings. The second-order valence-corrected chi connectivity index (χ2v) is 15.2. The number of nitrogens with one attached hydrogen (secondary N) is 1. The molecular formula is C38H39ClF2N8O2. The number of fused-ring (bicyclic) bond motifs is 5. The third-order valence-corrected chi connectivity index (χ3v) is 11.6. The van der Waals surface area contributed by atoms with Crippen LogP contribution in [0.1, 0.15) is 102 Å². The Morgan fingerprint density at radius 2 is 1.80 bits per heavy atom. The molecular weight excluding hydrogens is 674 g/mol. The molecule has 0 spiro atoms. The van der Waals surface area contributed by atoms with E-state index in [1.807, 2.05) is 20.1 Å². The minimum absolute atomic E-state index is 0.0516. The first-order valence-electron chi connectivity index (χ1n) is 18.1. The molecule has 2 aliphatic carbocycles. The molecule has 5 aromatic rings. The van der Waals surface area contributed by atoms with Crippen LogP contribution in [-0.2, 0) is 13.0 Å². The van der Waals surface area contributed by atoms with E-state index >= 15 is 8.78 Å². The van der Waals surface area contributed by atoms with Crippen molar-refractivity contribution in [2.75, 3.05) is 6.54 Å². The summed E-state index contributed by atoms with van der Waals surface area (Å²) >= 11 is 6.20. The van der Waals surface area contributed by atoms with Gasteiger partial charge in [-0.25, -0.2) is 23.7 Å². The Morgan fingerprint density at radius 3 is 2.63 bits per heavy atom. The predicted molar refractivity (Wildman–Crippen MR) is 189 cm³/mol. The van der Waals surface area contributed by atoms with Gasteiger partial charge >= 0.3 is 0 Å². The minimum atomic E-state index is -0.745. The highest BCUT2D eigenvalue weighted by Gasteiger charge is 2.41. The molecule has 2 saturated carbocycles. The summed E-state index contributed by atoms with van der Waals surface area (Å²) in [5.41, 5.74) is 9.84. The lowest BCUT2D eigenvalue weighted by molar-refractivity contribution is 0.0603. The molecule has 1 saturated heterocycles. The number of nitrogens with two attached hydrogens (primary N) is 1. The molecule has 4 aromatic heterocycles. The van der Waals surface area contributed by atoms with Crippen molar-refractivity contribution < 1.29 is 18.4 Å². The van der Waals surface area contributed by atoms with E-state index in [0.717, 1.165) is 51.4 Å². The molecule has 4 aliphatic rings. The molecule has 264 valence electrons. The Hall–Kier alpha value is -4.42. The summed E-state index contributed by atoms with van der Waals surface area (Å²) in [6.45, 7) is 2.74. The maximum Gasteiger partial charge on any atom is 0.254 e. The van der Waals surface area contributed by atoms with Crippen LogP contribution in [0.5, 0.6) is 0 Å². The first kappa shape index (κ1) is 32.5. The third kappa shape index (κ3) is 5.58. The summed E-state index contributed by atoms with van der Waals surface area (Å²) in [6.07, 6.45) is 7.49. The lowest BCUT2D eigenvalue weighted by Gasteiger charge is -2.37. The number of amides is 2. The van der Waals surface area contributed by atoms with Crippen LogP contribution in [0.15, 0.2) is 36.4 Å². The standard InChI is InChI=1S/C38H39ClF2N8O2/c1-19-33-26(40)14-21-17-31(47(35(21)46-33)12-4-2-3-5-29-25(37(50)43-19)10-11-32(39)44-29)36-45-30-16-22(15-27(41)34(30)49(36)23-8-9-23)38(51)48-18-28(42)20-6-7-24(48)13-20/h10-11,14-17,19-20,23-24,28H,2-9,12-13,18,42H2,1H3,(H,43,50)/t19-,20-,24+,28+/m1/s1. The van der Waals surface area contributed by atoms with Crippen molar-refractivity contribution in [2.24, 2.45) is 11.7 Å². The molecule has 0 unspecified atom stereocenters. The zero-order valence-corrected chi connectivity index (χ0v) is 29.1. The van der Waals surface area contributed by atoms with Crippen LogP contribution >= 0.6 is 11.6 Å². The van der Waals surface area contributed by atoms with Crippen LogP contribution in [0.2, 0.25) is 5.15 Å². The number of aryl methyl sites for hydroxylation is 2. The molecule has 4 bridgehead atoms. The highest BCUT2D eigenvalue weighted by molar-refractivity contribution is 6.29. The zero-order valence-electron chi connectivity index (χ0n) is 28.3. The SMILES string of the molecule is C[C@H]1NC(=O)c2ccc(Cl)nc2CCCCCn2c(-c3nc4cc(C(=O)N5C[C@H](N)[C@@H]6CC[C@H]5C6)cc(F)c4n3C3CC3)cc3cc(F)c1nc32. The van der Waals surface area contributed by atoms with Crippen molar-refractivity contribution in [3.05, 3.63) is 75.7 Å². The topological polar surface area (TPSA) is 124 Å². The van der Waals surface area contributed by atoms with Crippen LogP contribution < -0.4 is 11.1 Å². The monoisotopic (exact) mass is 712 g/mol. The zero-order chi connectivity index (χ0) is 35.1. The van der Waals surface area contributed by atoms with Gasteiger partial charge in [-0.1, -0.05) is 18.0 Å². The summed E-state index contributed by atoms with van der Waals surface area (Å²) in [4.78, 5) is 43.3. The number of pyridine rings is 2. The number of carbonyl (C=O) groups excluding carboxylic acids is 2. The van der Waals surface area contributed by atoms with E-state index in [0.29, 0.717) is 75.4 Å². The number of nitrogens with zero attached hydrogens (tertiary/aromatic N) is 6. The molecule has 10 nitrogen and oxygen atoms in total. The number of likely N-dealkylation sites (tertiary alicyclic amines) is 1. The molecule has 2 amide bonds. The van der Waals surface area contributed by atoms with Gasteiger partial charge in [-0.05, 0) is 101 Å². The van der Waals surface area contributed by atoms with Crippen molar-refractivity contribution in [3.8, 4) is 11.5 Å². The van der Waals surface area contributed by atoms with Crippen molar-refractivity contribution in [1.82, 2.24) is 34.3 Å². The average Bonchev–Trinajstić information content (AvgIpc) is 3.58. The molecule has 51 heavy (non-hydrogen) atoms. The fourth-order valence-electron chi connectivity index (χ4n) is 8.62. The molecule has 0 radical (unpaired) electrons. The van der Waals surface area contributed by atoms with E-state index in [1.54, 1.807) is 25.1 Å². The third-order valence-electron chi connectivity index (χ3n) is 11.4. The van der Waals surface area contributed by atoms with Gasteiger partial charge in [0.1, 0.15) is 33.6 Å². The van der Waals surface area contributed by atoms with Crippen molar-refractivity contribution >= 4 is 45.5 Å². The van der Waals surface area contributed by atoms with Gasteiger partial charge < -0.3 is 25.1 Å². The molecule has 4 atom stereocenters. The second kappa shape index (κ2) is 12.4. The fourth-order valence-corrected chi connectivity index (χ4v) is 8.78. The van der Waals surface area contributed by atoms with Gasteiger partial charge in [0.25, 0.3) is 11.8 Å². The Labute approximate surface area is 298 Å². The van der Waals surface area contributed by atoms with E-state index in [-0.39, 0.29) is 41.2 Å². The summed E-state index contributed by atoms with van der Waals surface area (Å²) < 4.78 is 36.0. The Balaban J connectivity index is 1.14. The lowest BCUT2D eigenvalue weighted by Crippen LogP contribution is -2.51. The van der Waals surface area contributed by atoms with E-state index < -0.39 is 17.7 Å². The summed E-state index contributed by atoms with van der Waals surface area (Å²) in [5.74, 6) is -0.623. The van der Waals surface area contributed by atoms with Gasteiger partial charge in [-0.3, -0.25) is 9.59 Å². The Morgan fingerprint density at radius 1 is 0.980 bits per heavy atom. The van der Waals surface area contributed by atoms with Crippen LogP contribution in [0.4, 0.5) is 8.78 Å². The molecule has 9 rings (SSSR count). The maximum atomic E-state index is 16.3. The number of imidazole rings is 1. The Kier molecular flexibility index (Phi) is 7.88. The largest absolute Gasteiger partial charge is 0.344 e. The number of piperidine rings is 1. The summed E-state index contributed by atoms with van der Waals surface area (Å²) in [5, 5.41) is 3.80. The van der Waals surface area contributed by atoms with Gasteiger partial charge in [0, 0.05) is 42.2 Å². The molecule has 6 heterocycles. The number of rotatable bonds is 3. The normalized spacial score (nSPS) is 23.9. The van der Waals surface area contributed by atoms with E-state index in [4.69, 9.17) is 27.3 Å². The van der Waals surface area contributed by atoms with Crippen LogP contribution in [-0.4, -0.2) is 59.4 Å². The number of carbonyl (C=O) groups is 2. The van der Waals surface area contributed by atoms with Crippen LogP contribution in [0.25, 0.3) is 33.6 Å². The molecule has 2 aliphatic heterocycles. The summed E-state index contributed by atoms with van der Waals surface area (Å²) in [7, 11) is 0. The predicted octanol–water partition coefficient (Wildman–Crippen LogP) is 6.88. The number of halogens is 3. The van der Waals surface area contributed by atoms with Gasteiger partial charge in [0.15, 0.2) is 5.82 Å². The average molecular weight is 713 g/mol. The van der Waals surface area contributed by atoms with Crippen molar-refractivity contribution in [3.63, 3.8) is 0 Å². The number of benzene rings is 1. The number of hydrogen-bond donors (Lipinski definition) is 2. The first-order chi connectivity index (χ1) is 24.6. The fraction of sp³-hybridized carbons (Fsp3) is 0.447. The second-order valence-electron chi connectivity index (χ2n) is 14.8. The van der Waals surface area contributed by atoms with Gasteiger partial charge in [-0.15, -0.1) is 0 Å². The van der Waals surface area contributed by atoms with Gasteiger partial charge in [0.05, 0.1) is 28.5 Å². The van der Waals surface area contributed by atoms with Crippen LogP contribution in [0.3, 0.4) is 0 Å². The lowest BCUT2D eigenvalue weighted by atomic mass is 9.94. The van der Waals surface area contributed by atoms with Gasteiger partial charge in [0.2, 0.25) is 0 Å².